The first-order chi connectivity index (χ1) is 11.9. The van der Waals surface area contributed by atoms with Crippen LogP contribution in [0.2, 0.25) is 0 Å². The van der Waals surface area contributed by atoms with Crippen LogP contribution in [0.5, 0.6) is 11.5 Å². The number of aryl methyl sites for hydroxylation is 1. The number of aliphatic carboxylic acids is 1. The number of ether oxygens (including phenoxy) is 2. The molecule has 0 saturated carbocycles. The molecule has 1 N–H and O–H groups in total. The van der Waals surface area contributed by atoms with Crippen LogP contribution in [0.25, 0.3) is 0 Å². The Labute approximate surface area is 149 Å². The fraction of sp³-hybridized carbons (Fsp3) is 0.381. The second-order valence-corrected chi connectivity index (χ2v) is 6.67. The molecule has 2 aromatic carbocycles. The molecule has 1 atom stereocenters. The van der Waals surface area contributed by atoms with Crippen LogP contribution in [0.1, 0.15) is 36.5 Å². The van der Waals surface area contributed by atoms with Gasteiger partial charge in [-0.1, -0.05) is 38.1 Å². The van der Waals surface area contributed by atoms with Crippen molar-refractivity contribution >= 4 is 5.97 Å². The van der Waals surface area contributed by atoms with Crippen molar-refractivity contribution in [2.45, 2.75) is 33.1 Å². The van der Waals surface area contributed by atoms with Gasteiger partial charge >= 0.3 is 5.97 Å². The van der Waals surface area contributed by atoms with Gasteiger partial charge in [-0.2, -0.15) is 0 Å². The van der Waals surface area contributed by atoms with Gasteiger partial charge in [0.15, 0.2) is 0 Å². The molecule has 1 unspecified atom stereocenters. The predicted molar refractivity (Wildman–Crippen MR) is 98.6 cm³/mol. The zero-order valence-electron chi connectivity index (χ0n) is 15.3. The van der Waals surface area contributed by atoms with Gasteiger partial charge in [0, 0.05) is 0 Å². The van der Waals surface area contributed by atoms with Gasteiger partial charge in [0.05, 0.1) is 19.6 Å². The number of benzene rings is 2. The van der Waals surface area contributed by atoms with Crippen LogP contribution in [-0.4, -0.2) is 24.8 Å². The van der Waals surface area contributed by atoms with E-state index in [0.29, 0.717) is 18.9 Å². The molecule has 25 heavy (non-hydrogen) atoms. The zero-order valence-corrected chi connectivity index (χ0v) is 15.3. The average molecular weight is 342 g/mol. The summed E-state index contributed by atoms with van der Waals surface area (Å²) in [5.41, 5.74) is 2.69. The summed E-state index contributed by atoms with van der Waals surface area (Å²) < 4.78 is 10.9. The summed E-state index contributed by atoms with van der Waals surface area (Å²) in [7, 11) is 1.61. The van der Waals surface area contributed by atoms with Crippen molar-refractivity contribution in [3.8, 4) is 11.5 Å². The van der Waals surface area contributed by atoms with Gasteiger partial charge in [-0.25, -0.2) is 0 Å². The Morgan fingerprint density at radius 2 is 1.80 bits per heavy atom. The highest BCUT2D eigenvalue weighted by atomic mass is 16.5. The van der Waals surface area contributed by atoms with E-state index in [1.54, 1.807) is 7.11 Å². The lowest BCUT2D eigenvalue weighted by Crippen LogP contribution is -2.14. The summed E-state index contributed by atoms with van der Waals surface area (Å²) in [5, 5.41) is 9.65. The van der Waals surface area contributed by atoms with E-state index >= 15 is 0 Å². The molecule has 0 radical (unpaired) electrons. The second-order valence-electron chi connectivity index (χ2n) is 6.67. The van der Waals surface area contributed by atoms with Gasteiger partial charge in [0.1, 0.15) is 11.5 Å². The first-order valence-corrected chi connectivity index (χ1v) is 8.49. The number of carbonyl (C=O) groups is 1. The molecule has 0 aliphatic carbocycles. The number of rotatable bonds is 8. The molecule has 0 saturated heterocycles. The maximum absolute atomic E-state index is 11.8. The Morgan fingerprint density at radius 3 is 2.32 bits per heavy atom. The lowest BCUT2D eigenvalue weighted by atomic mass is 9.91. The van der Waals surface area contributed by atoms with Crippen molar-refractivity contribution in [2.24, 2.45) is 5.92 Å². The molecule has 4 nitrogen and oxygen atoms in total. The first-order valence-electron chi connectivity index (χ1n) is 8.49. The van der Waals surface area contributed by atoms with E-state index in [1.807, 2.05) is 49.4 Å². The monoisotopic (exact) mass is 342 g/mol. The van der Waals surface area contributed by atoms with Crippen LogP contribution in [0.3, 0.4) is 0 Å². The molecule has 0 spiro atoms. The fourth-order valence-corrected chi connectivity index (χ4v) is 2.69. The van der Waals surface area contributed by atoms with Crippen molar-refractivity contribution in [2.75, 3.05) is 13.7 Å². The van der Waals surface area contributed by atoms with Crippen molar-refractivity contribution in [1.29, 1.82) is 0 Å². The molecule has 0 amide bonds. The van der Waals surface area contributed by atoms with Gasteiger partial charge in [-0.05, 0) is 54.2 Å². The van der Waals surface area contributed by atoms with Gasteiger partial charge in [0.25, 0.3) is 0 Å². The van der Waals surface area contributed by atoms with Crippen molar-refractivity contribution in [3.05, 3.63) is 59.2 Å². The Hall–Kier alpha value is -2.49. The summed E-state index contributed by atoms with van der Waals surface area (Å²) in [5.74, 6) is 0.621. The topological polar surface area (TPSA) is 55.8 Å². The van der Waals surface area contributed by atoms with E-state index in [-0.39, 0.29) is 0 Å². The molecule has 0 aliphatic heterocycles. The standard InChI is InChI=1S/C21H26O4/c1-14(2)13-25-18-8-5-16(6-9-18)12-19(21(22)23)17-7-10-20(24-4)15(3)11-17/h5-11,14,19H,12-13H2,1-4H3,(H,22,23). The Morgan fingerprint density at radius 1 is 1.12 bits per heavy atom. The van der Waals surface area contributed by atoms with E-state index < -0.39 is 11.9 Å². The summed E-state index contributed by atoms with van der Waals surface area (Å²) in [4.78, 5) is 11.8. The molecule has 0 aliphatic rings. The third-order valence-electron chi connectivity index (χ3n) is 4.07. The summed E-state index contributed by atoms with van der Waals surface area (Å²) in [6.45, 7) is 6.79. The van der Waals surface area contributed by atoms with Crippen molar-refractivity contribution in [1.82, 2.24) is 0 Å². The van der Waals surface area contributed by atoms with Gasteiger partial charge < -0.3 is 14.6 Å². The molecule has 2 rings (SSSR count). The number of methoxy groups -OCH3 is 1. The van der Waals surface area contributed by atoms with Crippen LogP contribution < -0.4 is 9.47 Å². The van der Waals surface area contributed by atoms with Gasteiger partial charge in [-0.3, -0.25) is 4.79 Å². The van der Waals surface area contributed by atoms with Crippen molar-refractivity contribution < 1.29 is 19.4 Å². The number of carboxylic acids is 1. The highest BCUT2D eigenvalue weighted by molar-refractivity contribution is 5.76. The lowest BCUT2D eigenvalue weighted by Gasteiger charge is -2.15. The molecule has 2 aromatic rings. The minimum atomic E-state index is -0.829. The lowest BCUT2D eigenvalue weighted by molar-refractivity contribution is -0.138. The van der Waals surface area contributed by atoms with E-state index in [0.717, 1.165) is 28.2 Å². The third kappa shape index (κ3) is 5.24. The summed E-state index contributed by atoms with van der Waals surface area (Å²) >= 11 is 0. The molecule has 0 aromatic heterocycles. The quantitative estimate of drug-likeness (QED) is 0.770. The van der Waals surface area contributed by atoms with Crippen molar-refractivity contribution in [3.63, 3.8) is 0 Å². The summed E-state index contributed by atoms with van der Waals surface area (Å²) in [6, 6.07) is 13.2. The zero-order chi connectivity index (χ0) is 18.4. The molecule has 134 valence electrons. The first kappa shape index (κ1) is 18.8. The molecule has 0 bridgehead atoms. The van der Waals surface area contributed by atoms with E-state index in [4.69, 9.17) is 9.47 Å². The van der Waals surface area contributed by atoms with Crippen LogP contribution in [0.15, 0.2) is 42.5 Å². The van der Waals surface area contributed by atoms with Gasteiger partial charge in [-0.15, -0.1) is 0 Å². The summed E-state index contributed by atoms with van der Waals surface area (Å²) in [6.07, 6.45) is 0.436. The molecule has 4 heteroatoms. The highest BCUT2D eigenvalue weighted by Gasteiger charge is 2.21. The maximum Gasteiger partial charge on any atom is 0.311 e. The molecule has 0 fully saturated rings. The number of carboxylic acid groups (broad SMARTS) is 1. The number of hydrogen-bond acceptors (Lipinski definition) is 3. The van der Waals surface area contributed by atoms with Crippen LogP contribution >= 0.6 is 0 Å². The SMILES string of the molecule is COc1ccc(C(Cc2ccc(OCC(C)C)cc2)C(=O)O)cc1C. The Kier molecular flexibility index (Phi) is 6.45. The highest BCUT2D eigenvalue weighted by Crippen LogP contribution is 2.27. The Bertz CT molecular complexity index is 704. The minimum absolute atomic E-state index is 0.436. The van der Waals surface area contributed by atoms with E-state index in [2.05, 4.69) is 13.8 Å². The van der Waals surface area contributed by atoms with Gasteiger partial charge in [0.2, 0.25) is 0 Å². The third-order valence-corrected chi connectivity index (χ3v) is 4.07. The average Bonchev–Trinajstić information content (AvgIpc) is 2.58. The van der Waals surface area contributed by atoms with Crippen LogP contribution in [-0.2, 0) is 11.2 Å². The van der Waals surface area contributed by atoms with Crippen LogP contribution in [0, 0.1) is 12.8 Å². The Balaban J connectivity index is 2.14. The van der Waals surface area contributed by atoms with Crippen LogP contribution in [0.4, 0.5) is 0 Å². The maximum atomic E-state index is 11.8. The normalized spacial score (nSPS) is 12.0. The van der Waals surface area contributed by atoms with E-state index in [1.165, 1.54) is 0 Å². The predicted octanol–water partition coefficient (Wildman–Crippen LogP) is 4.45. The molecular formula is C21H26O4. The largest absolute Gasteiger partial charge is 0.496 e. The molecular weight excluding hydrogens is 316 g/mol. The minimum Gasteiger partial charge on any atom is -0.496 e. The second kappa shape index (κ2) is 8.56. The van der Waals surface area contributed by atoms with E-state index in [9.17, 15) is 9.90 Å². The fourth-order valence-electron chi connectivity index (χ4n) is 2.69. The smallest absolute Gasteiger partial charge is 0.311 e. The number of hydrogen-bond donors (Lipinski definition) is 1. The molecule has 0 heterocycles.